The fraction of sp³-hybridized carbons (Fsp3) is 0.526. The van der Waals surface area contributed by atoms with Crippen molar-refractivity contribution in [3.05, 3.63) is 35.4 Å². The summed E-state index contributed by atoms with van der Waals surface area (Å²) in [4.78, 5) is 31.7. The zero-order valence-corrected chi connectivity index (χ0v) is 15.4. The van der Waals surface area contributed by atoms with E-state index >= 15 is 0 Å². The molecule has 6 heteroatoms. The van der Waals surface area contributed by atoms with E-state index in [-0.39, 0.29) is 11.8 Å². The van der Waals surface area contributed by atoms with Gasteiger partial charge in [0, 0.05) is 39.5 Å². The van der Waals surface area contributed by atoms with Crippen LogP contribution in [0.15, 0.2) is 29.3 Å². The number of hydrogen-bond donors (Lipinski definition) is 1. The average molecular weight is 344 g/mol. The summed E-state index contributed by atoms with van der Waals surface area (Å²) in [6.07, 6.45) is 1.59. The minimum atomic E-state index is -0.0790. The largest absolute Gasteiger partial charge is 0.357 e. The van der Waals surface area contributed by atoms with Crippen LogP contribution in [0.2, 0.25) is 0 Å². The van der Waals surface area contributed by atoms with Crippen LogP contribution < -0.4 is 5.32 Å². The molecule has 0 aliphatic carbocycles. The van der Waals surface area contributed by atoms with Gasteiger partial charge in [0.25, 0.3) is 0 Å². The van der Waals surface area contributed by atoms with Gasteiger partial charge in [0.2, 0.25) is 11.8 Å². The second-order valence-electron chi connectivity index (χ2n) is 6.31. The second-order valence-corrected chi connectivity index (χ2v) is 6.31. The molecular weight excluding hydrogens is 316 g/mol. The molecule has 0 radical (unpaired) electrons. The van der Waals surface area contributed by atoms with Crippen molar-refractivity contribution in [2.75, 3.05) is 26.7 Å². The first-order valence-corrected chi connectivity index (χ1v) is 8.90. The van der Waals surface area contributed by atoms with Gasteiger partial charge in [-0.25, -0.2) is 0 Å². The lowest BCUT2D eigenvalue weighted by atomic mass is 10.1. The quantitative estimate of drug-likeness (QED) is 0.486. The first-order chi connectivity index (χ1) is 12.0. The smallest absolute Gasteiger partial charge is 0.229 e. The summed E-state index contributed by atoms with van der Waals surface area (Å²) in [6, 6.07) is 8.28. The number of guanidine groups is 1. The lowest BCUT2D eigenvalue weighted by Gasteiger charge is -2.25. The highest BCUT2D eigenvalue weighted by Gasteiger charge is 2.25. The highest BCUT2D eigenvalue weighted by molar-refractivity contribution is 5.97. The van der Waals surface area contributed by atoms with Crippen LogP contribution in [-0.2, 0) is 16.1 Å². The van der Waals surface area contributed by atoms with E-state index in [4.69, 9.17) is 0 Å². The fourth-order valence-electron chi connectivity index (χ4n) is 2.89. The third-order valence-corrected chi connectivity index (χ3v) is 4.33. The average Bonchev–Trinajstić information content (AvgIpc) is 2.58. The predicted octanol–water partition coefficient (Wildman–Crippen LogP) is 1.93. The topological polar surface area (TPSA) is 65.0 Å². The lowest BCUT2D eigenvalue weighted by molar-refractivity contribution is -0.147. The Bertz CT molecular complexity index is 626. The standard InChI is InChI=1S/C19H28N4O2/c1-4-20-19(22(3)14-16-9-6-5-8-15(16)2)21-12-13-23-17(24)10-7-11-18(23)25/h5-6,8-9H,4,7,10-14H2,1-3H3,(H,20,21). The van der Waals surface area contributed by atoms with Gasteiger partial charge in [0.1, 0.15) is 0 Å². The number of nitrogens with zero attached hydrogens (tertiary/aromatic N) is 3. The zero-order chi connectivity index (χ0) is 18.2. The summed E-state index contributed by atoms with van der Waals surface area (Å²) >= 11 is 0. The second kappa shape index (κ2) is 9.20. The van der Waals surface area contributed by atoms with E-state index in [9.17, 15) is 9.59 Å². The molecule has 1 heterocycles. The molecule has 0 atom stereocenters. The Hall–Kier alpha value is -2.37. The van der Waals surface area contributed by atoms with Crippen molar-refractivity contribution in [2.45, 2.75) is 39.7 Å². The summed E-state index contributed by atoms with van der Waals surface area (Å²) in [5.74, 6) is 0.622. The Balaban J connectivity index is 1.98. The van der Waals surface area contributed by atoms with E-state index in [2.05, 4.69) is 34.3 Å². The van der Waals surface area contributed by atoms with Crippen molar-refractivity contribution in [1.29, 1.82) is 0 Å². The summed E-state index contributed by atoms with van der Waals surface area (Å²) in [5.41, 5.74) is 2.49. The minimum absolute atomic E-state index is 0.0790. The maximum atomic E-state index is 11.8. The molecular formula is C19H28N4O2. The van der Waals surface area contributed by atoms with Crippen LogP contribution in [0.25, 0.3) is 0 Å². The van der Waals surface area contributed by atoms with E-state index in [1.54, 1.807) is 0 Å². The van der Waals surface area contributed by atoms with Gasteiger partial charge in [0.05, 0.1) is 6.54 Å². The number of aliphatic imine (C=N–C) groups is 1. The van der Waals surface area contributed by atoms with Gasteiger partial charge < -0.3 is 10.2 Å². The van der Waals surface area contributed by atoms with Crippen LogP contribution in [0.4, 0.5) is 0 Å². The van der Waals surface area contributed by atoms with Crippen molar-refractivity contribution in [3.8, 4) is 0 Å². The Morgan fingerprint density at radius 3 is 2.56 bits per heavy atom. The molecule has 1 fully saturated rings. The van der Waals surface area contributed by atoms with Crippen molar-refractivity contribution >= 4 is 17.8 Å². The van der Waals surface area contributed by atoms with E-state index in [1.165, 1.54) is 16.0 Å². The van der Waals surface area contributed by atoms with Crippen molar-refractivity contribution in [1.82, 2.24) is 15.1 Å². The molecule has 1 aliphatic heterocycles. The number of carbonyl (C=O) groups excluding carboxylic acids is 2. The lowest BCUT2D eigenvalue weighted by Crippen LogP contribution is -2.42. The number of imide groups is 1. The van der Waals surface area contributed by atoms with Crippen molar-refractivity contribution in [2.24, 2.45) is 4.99 Å². The van der Waals surface area contributed by atoms with Gasteiger partial charge in [-0.15, -0.1) is 0 Å². The summed E-state index contributed by atoms with van der Waals surface area (Å²) in [6.45, 7) is 6.40. The maximum absolute atomic E-state index is 11.8. The number of nitrogens with one attached hydrogen (secondary N) is 1. The van der Waals surface area contributed by atoms with Crippen LogP contribution in [0.3, 0.4) is 0 Å². The third-order valence-electron chi connectivity index (χ3n) is 4.33. The first kappa shape index (κ1) is 19.0. The highest BCUT2D eigenvalue weighted by atomic mass is 16.2. The van der Waals surface area contributed by atoms with Crippen LogP contribution in [0, 0.1) is 6.92 Å². The Kier molecular flexibility index (Phi) is 6.98. The Labute approximate surface area is 149 Å². The third kappa shape index (κ3) is 5.31. The van der Waals surface area contributed by atoms with E-state index < -0.39 is 0 Å². The number of hydrogen-bond acceptors (Lipinski definition) is 3. The summed E-state index contributed by atoms with van der Waals surface area (Å²) < 4.78 is 0. The van der Waals surface area contributed by atoms with Crippen LogP contribution >= 0.6 is 0 Å². The minimum Gasteiger partial charge on any atom is -0.357 e. The van der Waals surface area contributed by atoms with Crippen LogP contribution in [0.5, 0.6) is 0 Å². The van der Waals surface area contributed by atoms with Crippen LogP contribution in [0.1, 0.15) is 37.3 Å². The van der Waals surface area contributed by atoms with E-state index in [0.29, 0.717) is 32.4 Å². The number of rotatable bonds is 6. The predicted molar refractivity (Wildman–Crippen MR) is 99.2 cm³/mol. The molecule has 136 valence electrons. The maximum Gasteiger partial charge on any atom is 0.229 e. The number of amides is 2. The number of piperidine rings is 1. The molecule has 0 saturated carbocycles. The van der Waals surface area contributed by atoms with Crippen molar-refractivity contribution < 1.29 is 9.59 Å². The van der Waals surface area contributed by atoms with E-state index in [1.807, 2.05) is 26.1 Å². The molecule has 1 N–H and O–H groups in total. The summed E-state index contributed by atoms with van der Waals surface area (Å²) in [5, 5.41) is 3.27. The molecule has 2 rings (SSSR count). The molecule has 2 amide bonds. The van der Waals surface area contributed by atoms with Gasteiger partial charge in [-0.2, -0.15) is 0 Å². The first-order valence-electron chi connectivity index (χ1n) is 8.90. The Morgan fingerprint density at radius 2 is 1.92 bits per heavy atom. The molecule has 0 unspecified atom stereocenters. The molecule has 0 aromatic heterocycles. The molecule has 1 aromatic rings. The molecule has 0 bridgehead atoms. The number of likely N-dealkylation sites (tertiary alicyclic amines) is 1. The molecule has 6 nitrogen and oxygen atoms in total. The SMILES string of the molecule is CCNC(=NCCN1C(=O)CCCC1=O)N(C)Cc1ccccc1C. The Morgan fingerprint density at radius 1 is 1.24 bits per heavy atom. The normalized spacial score (nSPS) is 15.5. The molecule has 1 saturated heterocycles. The molecule has 1 aromatic carbocycles. The molecule has 1 aliphatic rings. The van der Waals surface area contributed by atoms with Crippen molar-refractivity contribution in [3.63, 3.8) is 0 Å². The van der Waals surface area contributed by atoms with Gasteiger partial charge in [0.15, 0.2) is 5.96 Å². The molecule has 25 heavy (non-hydrogen) atoms. The number of carbonyl (C=O) groups is 2. The van der Waals surface area contributed by atoms with Gasteiger partial charge in [-0.3, -0.25) is 19.5 Å². The van der Waals surface area contributed by atoms with Gasteiger partial charge in [-0.05, 0) is 31.4 Å². The highest BCUT2D eigenvalue weighted by Crippen LogP contribution is 2.12. The number of benzene rings is 1. The van der Waals surface area contributed by atoms with Gasteiger partial charge >= 0.3 is 0 Å². The van der Waals surface area contributed by atoms with E-state index in [0.717, 1.165) is 19.0 Å². The number of aryl methyl sites for hydroxylation is 1. The van der Waals surface area contributed by atoms with Crippen LogP contribution in [-0.4, -0.2) is 54.3 Å². The monoisotopic (exact) mass is 344 g/mol. The summed E-state index contributed by atoms with van der Waals surface area (Å²) in [7, 11) is 1.99. The molecule has 0 spiro atoms. The van der Waals surface area contributed by atoms with Gasteiger partial charge in [-0.1, -0.05) is 24.3 Å². The zero-order valence-electron chi connectivity index (χ0n) is 15.4. The fourth-order valence-corrected chi connectivity index (χ4v) is 2.89.